The molecule has 1 aliphatic heterocycles. The molecule has 0 aromatic heterocycles. The number of hydrogen-bond donors (Lipinski definition) is 1. The second kappa shape index (κ2) is 5.84. The van der Waals surface area contributed by atoms with Gasteiger partial charge in [0, 0.05) is 32.2 Å². The number of piperazine rings is 1. The van der Waals surface area contributed by atoms with E-state index in [1.165, 1.54) is 6.92 Å². The van der Waals surface area contributed by atoms with Crippen molar-refractivity contribution in [2.75, 3.05) is 32.0 Å². The second-order valence-electron chi connectivity index (χ2n) is 4.85. The topological polar surface area (TPSA) is 52.7 Å². The molecule has 1 aromatic rings. The zero-order chi connectivity index (χ0) is 13.8. The maximum atomic E-state index is 12.3. The molecule has 5 heteroatoms. The Morgan fingerprint density at radius 2 is 1.89 bits per heavy atom. The van der Waals surface area contributed by atoms with Crippen LogP contribution in [-0.2, 0) is 9.59 Å². The highest BCUT2D eigenvalue weighted by atomic mass is 16.2. The monoisotopic (exact) mass is 261 g/mol. The van der Waals surface area contributed by atoms with E-state index in [4.69, 9.17) is 0 Å². The molecule has 1 atom stereocenters. The van der Waals surface area contributed by atoms with Gasteiger partial charge in [0.05, 0.1) is 0 Å². The first kappa shape index (κ1) is 13.5. The Morgan fingerprint density at radius 1 is 1.21 bits per heavy atom. The lowest BCUT2D eigenvalue weighted by atomic mass is 10.1. The Kier molecular flexibility index (Phi) is 4.16. The molecule has 1 heterocycles. The summed E-state index contributed by atoms with van der Waals surface area (Å²) in [6.45, 7) is 3.47. The van der Waals surface area contributed by atoms with Gasteiger partial charge in [-0.05, 0) is 19.2 Å². The van der Waals surface area contributed by atoms with Gasteiger partial charge in [-0.1, -0.05) is 18.2 Å². The van der Waals surface area contributed by atoms with Crippen LogP contribution in [0.1, 0.15) is 6.92 Å². The van der Waals surface area contributed by atoms with Crippen molar-refractivity contribution >= 4 is 17.5 Å². The first-order valence-corrected chi connectivity index (χ1v) is 6.39. The molecule has 0 spiro atoms. The maximum Gasteiger partial charge on any atom is 0.248 e. The molecule has 0 unspecified atom stereocenters. The highest BCUT2D eigenvalue weighted by molar-refractivity contribution is 5.97. The van der Waals surface area contributed by atoms with E-state index < -0.39 is 6.04 Å². The molecule has 0 aliphatic carbocycles. The molecule has 5 nitrogen and oxygen atoms in total. The molecule has 1 aromatic carbocycles. The van der Waals surface area contributed by atoms with Gasteiger partial charge in [0.25, 0.3) is 0 Å². The number of para-hydroxylation sites is 1. The fourth-order valence-corrected chi connectivity index (χ4v) is 2.27. The standard InChI is InChI=1S/C14H19N3O2/c1-11(18)17-9-8-16(2)10-13(17)14(19)15-12-6-4-3-5-7-12/h3-7,13H,8-10H2,1-2H3,(H,15,19)/t13-/m0/s1. The van der Waals surface area contributed by atoms with E-state index >= 15 is 0 Å². The Bertz CT molecular complexity index is 461. The van der Waals surface area contributed by atoms with Gasteiger partial charge in [-0.2, -0.15) is 0 Å². The minimum absolute atomic E-state index is 0.0543. The zero-order valence-electron chi connectivity index (χ0n) is 11.3. The van der Waals surface area contributed by atoms with Gasteiger partial charge in [0.1, 0.15) is 6.04 Å². The number of amides is 2. The fourth-order valence-electron chi connectivity index (χ4n) is 2.27. The predicted molar refractivity (Wildman–Crippen MR) is 73.7 cm³/mol. The normalized spacial score (nSPS) is 20.1. The molecule has 2 rings (SSSR count). The van der Waals surface area contributed by atoms with Crippen molar-refractivity contribution in [2.45, 2.75) is 13.0 Å². The molecule has 0 radical (unpaired) electrons. The number of nitrogens with zero attached hydrogens (tertiary/aromatic N) is 2. The van der Waals surface area contributed by atoms with Crippen LogP contribution >= 0.6 is 0 Å². The van der Waals surface area contributed by atoms with Gasteiger partial charge in [-0.15, -0.1) is 0 Å². The van der Waals surface area contributed by atoms with Gasteiger partial charge in [-0.3, -0.25) is 9.59 Å². The van der Waals surface area contributed by atoms with E-state index in [0.29, 0.717) is 13.1 Å². The highest BCUT2D eigenvalue weighted by Crippen LogP contribution is 2.12. The molecular formula is C14H19N3O2. The maximum absolute atomic E-state index is 12.3. The SMILES string of the molecule is CC(=O)N1CCN(C)C[C@H]1C(=O)Nc1ccccc1. The average molecular weight is 261 g/mol. The lowest BCUT2D eigenvalue weighted by Gasteiger charge is -2.38. The smallest absolute Gasteiger partial charge is 0.248 e. The van der Waals surface area contributed by atoms with Gasteiger partial charge in [0.2, 0.25) is 11.8 Å². The number of rotatable bonds is 2. The average Bonchev–Trinajstić information content (AvgIpc) is 2.39. The Balaban J connectivity index is 2.08. The van der Waals surface area contributed by atoms with E-state index in [2.05, 4.69) is 10.2 Å². The van der Waals surface area contributed by atoms with Crippen molar-refractivity contribution in [2.24, 2.45) is 0 Å². The van der Waals surface area contributed by atoms with Crippen LogP contribution < -0.4 is 5.32 Å². The molecule has 1 aliphatic rings. The summed E-state index contributed by atoms with van der Waals surface area (Å²) >= 11 is 0. The highest BCUT2D eigenvalue weighted by Gasteiger charge is 2.32. The summed E-state index contributed by atoms with van der Waals surface area (Å²) in [6, 6.07) is 8.88. The molecule has 2 amide bonds. The first-order chi connectivity index (χ1) is 9.08. The van der Waals surface area contributed by atoms with Gasteiger partial charge < -0.3 is 15.1 Å². The summed E-state index contributed by atoms with van der Waals surface area (Å²) in [6.07, 6.45) is 0. The van der Waals surface area contributed by atoms with Crippen LogP contribution in [0.2, 0.25) is 0 Å². The third kappa shape index (κ3) is 3.32. The van der Waals surface area contributed by atoms with Gasteiger partial charge in [-0.25, -0.2) is 0 Å². The Labute approximate surface area is 113 Å². The van der Waals surface area contributed by atoms with E-state index in [9.17, 15) is 9.59 Å². The number of benzene rings is 1. The van der Waals surface area contributed by atoms with Crippen LogP contribution in [0, 0.1) is 0 Å². The number of carbonyl (C=O) groups is 2. The van der Waals surface area contributed by atoms with Crippen molar-refractivity contribution in [3.05, 3.63) is 30.3 Å². The first-order valence-electron chi connectivity index (χ1n) is 6.39. The molecule has 19 heavy (non-hydrogen) atoms. The van der Waals surface area contributed by atoms with Crippen LogP contribution in [0.15, 0.2) is 30.3 Å². The number of nitrogens with one attached hydrogen (secondary N) is 1. The van der Waals surface area contributed by atoms with Crippen LogP contribution in [0.3, 0.4) is 0 Å². The summed E-state index contributed by atoms with van der Waals surface area (Å²) < 4.78 is 0. The van der Waals surface area contributed by atoms with E-state index in [1.807, 2.05) is 37.4 Å². The quantitative estimate of drug-likeness (QED) is 0.856. The third-order valence-corrected chi connectivity index (χ3v) is 3.33. The number of likely N-dealkylation sites (N-methyl/N-ethyl adjacent to an activating group) is 1. The molecule has 0 bridgehead atoms. The van der Waals surface area contributed by atoms with Crippen LogP contribution in [0.4, 0.5) is 5.69 Å². The van der Waals surface area contributed by atoms with Crippen molar-refractivity contribution in [3.63, 3.8) is 0 Å². The summed E-state index contributed by atoms with van der Waals surface area (Å²) in [5.74, 6) is -0.186. The summed E-state index contributed by atoms with van der Waals surface area (Å²) in [5, 5.41) is 2.86. The minimum atomic E-state index is -0.420. The number of hydrogen-bond acceptors (Lipinski definition) is 3. The Hall–Kier alpha value is -1.88. The number of anilines is 1. The molecular weight excluding hydrogens is 242 g/mol. The van der Waals surface area contributed by atoms with E-state index in [-0.39, 0.29) is 11.8 Å². The second-order valence-corrected chi connectivity index (χ2v) is 4.85. The largest absolute Gasteiger partial charge is 0.328 e. The molecule has 1 N–H and O–H groups in total. The van der Waals surface area contributed by atoms with Crippen LogP contribution in [0.5, 0.6) is 0 Å². The third-order valence-electron chi connectivity index (χ3n) is 3.33. The van der Waals surface area contributed by atoms with Crippen LogP contribution in [-0.4, -0.2) is 54.3 Å². The van der Waals surface area contributed by atoms with Crippen molar-refractivity contribution < 1.29 is 9.59 Å². The zero-order valence-corrected chi connectivity index (χ0v) is 11.3. The fraction of sp³-hybridized carbons (Fsp3) is 0.429. The molecule has 1 saturated heterocycles. The van der Waals surface area contributed by atoms with E-state index in [1.54, 1.807) is 4.90 Å². The lowest BCUT2D eigenvalue weighted by Crippen LogP contribution is -2.58. The van der Waals surface area contributed by atoms with E-state index in [0.717, 1.165) is 12.2 Å². The van der Waals surface area contributed by atoms with Crippen molar-refractivity contribution in [1.29, 1.82) is 0 Å². The van der Waals surface area contributed by atoms with Crippen LogP contribution in [0.25, 0.3) is 0 Å². The Morgan fingerprint density at radius 3 is 2.53 bits per heavy atom. The summed E-state index contributed by atoms with van der Waals surface area (Å²) in [4.78, 5) is 27.6. The number of carbonyl (C=O) groups excluding carboxylic acids is 2. The lowest BCUT2D eigenvalue weighted by molar-refractivity contribution is -0.139. The summed E-state index contributed by atoms with van der Waals surface area (Å²) in [7, 11) is 1.96. The van der Waals surface area contributed by atoms with Gasteiger partial charge >= 0.3 is 0 Å². The van der Waals surface area contributed by atoms with Crippen molar-refractivity contribution in [1.82, 2.24) is 9.80 Å². The van der Waals surface area contributed by atoms with Crippen molar-refractivity contribution in [3.8, 4) is 0 Å². The summed E-state index contributed by atoms with van der Waals surface area (Å²) in [5.41, 5.74) is 0.754. The molecule has 1 fully saturated rings. The molecule has 102 valence electrons. The predicted octanol–water partition coefficient (Wildman–Crippen LogP) is 0.788. The molecule has 0 saturated carbocycles. The minimum Gasteiger partial charge on any atom is -0.328 e. The van der Waals surface area contributed by atoms with Gasteiger partial charge in [0.15, 0.2) is 0 Å².